The van der Waals surface area contributed by atoms with Gasteiger partial charge in [-0.05, 0) is 145 Å². The van der Waals surface area contributed by atoms with Crippen LogP contribution in [0, 0.1) is 35.5 Å². The van der Waals surface area contributed by atoms with Crippen LogP contribution in [0.15, 0.2) is 90.5 Å². The number of hydrogen-bond donors (Lipinski definition) is 4. The third-order valence-electron chi connectivity index (χ3n) is 14.4. The molecule has 0 radical (unpaired) electrons. The van der Waals surface area contributed by atoms with E-state index in [2.05, 4.69) is 60.7 Å². The largest absolute Gasteiger partial charge is 0.511 e. The molecule has 0 amide bonds. The topological polar surface area (TPSA) is 98.0 Å². The lowest BCUT2D eigenvalue weighted by molar-refractivity contribution is -0.147. The number of fused-ring (bicyclic) bond motifs is 3. The highest BCUT2D eigenvalue weighted by Gasteiger charge is 2.57. The Hall–Kier alpha value is -4.09. The molecule has 1 saturated carbocycles. The van der Waals surface area contributed by atoms with Crippen molar-refractivity contribution in [3.05, 3.63) is 123 Å². The van der Waals surface area contributed by atoms with Gasteiger partial charge in [0.2, 0.25) is 0 Å². The van der Waals surface area contributed by atoms with Gasteiger partial charge < -0.3 is 20.4 Å². The number of unbranched alkanes of at least 4 members (excludes halogenated alkanes) is 3. The average Bonchev–Trinajstić information content (AvgIpc) is 3.65. The zero-order valence-corrected chi connectivity index (χ0v) is 31.7. The quantitative estimate of drug-likeness (QED) is 0.124. The molecule has 1 fully saturated rings. The molecule has 5 aliphatic rings. The number of carbonyl (C=O) groups is 1. The molecule has 5 aliphatic carbocycles. The molecule has 0 aliphatic heterocycles. The molecule has 0 aromatic heterocycles. The standard InChI is InChI=1S/C49H58O5/c50-31-34-16-15-32(25-34)9-3-1-2-4-10-35-11-6-8-14-45(48(53)54)49-30-44-39(28-38-12-5-7-13-42(38)47(44)52)29-40(49)22-19-37-18-17-33(27-46(37)49)26-43(35)36-20-23-41(51)24-21-36/h5-8,12-13,17-18,20-21,23-25,27-28,32,35,39-40,43-45,50-52H,1-4,9-11,14-16,19,22,26,29-31H2,(H,53,54)/b8-6+/t32-,35+,39+,40+,43-,44-,45+,49-/m0/s1. The first-order chi connectivity index (χ1) is 26.3. The van der Waals surface area contributed by atoms with Gasteiger partial charge in [0.1, 0.15) is 11.5 Å². The van der Waals surface area contributed by atoms with E-state index in [1.54, 1.807) is 0 Å². The molecular weight excluding hydrogens is 669 g/mol. The molecule has 1 spiro atoms. The first-order valence-corrected chi connectivity index (χ1v) is 20.9. The number of phenols is 1. The van der Waals surface area contributed by atoms with E-state index in [0.29, 0.717) is 30.4 Å². The van der Waals surface area contributed by atoms with Crippen LogP contribution in [0.1, 0.15) is 112 Å². The van der Waals surface area contributed by atoms with Crippen LogP contribution in [0.5, 0.6) is 5.75 Å². The maximum atomic E-state index is 13.6. The van der Waals surface area contributed by atoms with Crippen LogP contribution in [-0.2, 0) is 23.1 Å². The average molecular weight is 727 g/mol. The second-order valence-electron chi connectivity index (χ2n) is 17.4. The van der Waals surface area contributed by atoms with Crippen LogP contribution < -0.4 is 10.4 Å². The predicted octanol–water partition coefficient (Wildman–Crippen LogP) is 9.04. The number of aliphatic hydroxyl groups excluding tert-OH is 2. The monoisotopic (exact) mass is 726 g/mol. The van der Waals surface area contributed by atoms with Gasteiger partial charge in [0, 0.05) is 16.6 Å². The van der Waals surface area contributed by atoms with Gasteiger partial charge in [0.15, 0.2) is 0 Å². The summed E-state index contributed by atoms with van der Waals surface area (Å²) in [5, 5.41) is 44.7. The van der Waals surface area contributed by atoms with Gasteiger partial charge in [-0.15, -0.1) is 0 Å². The zero-order valence-electron chi connectivity index (χ0n) is 31.7. The fourth-order valence-corrected chi connectivity index (χ4v) is 11.7. The van der Waals surface area contributed by atoms with Gasteiger partial charge in [-0.1, -0.05) is 105 Å². The Morgan fingerprint density at radius 3 is 2.41 bits per heavy atom. The first kappa shape index (κ1) is 36.9. The van der Waals surface area contributed by atoms with E-state index in [4.69, 9.17) is 0 Å². The molecule has 284 valence electrons. The lowest BCUT2D eigenvalue weighted by Gasteiger charge is -2.56. The number of allylic oxidation sites excluding steroid dienone is 3. The normalized spacial score (nSPS) is 30.7. The molecule has 3 aromatic carbocycles. The lowest BCUT2D eigenvalue weighted by atomic mass is 9.47. The van der Waals surface area contributed by atoms with Crippen molar-refractivity contribution in [3.63, 3.8) is 0 Å². The summed E-state index contributed by atoms with van der Waals surface area (Å²) in [6.07, 6.45) is 24.2. The first-order valence-electron chi connectivity index (χ1n) is 20.9. The van der Waals surface area contributed by atoms with Crippen LogP contribution >= 0.6 is 0 Å². The Kier molecular flexibility index (Phi) is 10.9. The molecule has 4 N–H and O–H groups in total. The minimum absolute atomic E-state index is 0.105. The third-order valence-corrected chi connectivity index (χ3v) is 14.4. The Morgan fingerprint density at radius 1 is 0.815 bits per heavy atom. The number of carboxylic acids is 1. The van der Waals surface area contributed by atoms with Gasteiger partial charge in [0.05, 0.1) is 12.5 Å². The highest BCUT2D eigenvalue weighted by atomic mass is 16.4. The number of benzene rings is 3. The fourth-order valence-electron chi connectivity index (χ4n) is 11.7. The number of carboxylic acid groups (broad SMARTS) is 1. The smallest absolute Gasteiger partial charge is 0.307 e. The Balaban J connectivity index is 1.11. The predicted molar refractivity (Wildman–Crippen MR) is 215 cm³/mol. The summed E-state index contributed by atoms with van der Waals surface area (Å²) < 4.78 is 0. The van der Waals surface area contributed by atoms with E-state index in [9.17, 15) is 25.2 Å². The highest BCUT2D eigenvalue weighted by molar-refractivity contribution is 5.74. The van der Waals surface area contributed by atoms with Gasteiger partial charge in [-0.3, -0.25) is 4.79 Å². The molecule has 0 heterocycles. The van der Waals surface area contributed by atoms with E-state index in [-0.39, 0.29) is 36.0 Å². The lowest BCUT2D eigenvalue weighted by Crippen LogP contribution is -2.55. The number of aliphatic carboxylic acids is 1. The number of hydrogen-bond acceptors (Lipinski definition) is 4. The summed E-state index contributed by atoms with van der Waals surface area (Å²) in [6, 6.07) is 23.0. The third kappa shape index (κ3) is 7.21. The number of aryl methyl sites for hydroxylation is 1. The molecule has 0 saturated heterocycles. The molecular formula is C49H58O5. The summed E-state index contributed by atoms with van der Waals surface area (Å²) in [5.41, 5.74) is 5.63. The Labute approximate surface area is 320 Å². The second kappa shape index (κ2) is 15.9. The summed E-state index contributed by atoms with van der Waals surface area (Å²) in [6.45, 7) is 0.205. The van der Waals surface area contributed by atoms with E-state index in [1.165, 1.54) is 59.9 Å². The van der Waals surface area contributed by atoms with Crippen molar-refractivity contribution in [3.8, 4) is 5.75 Å². The van der Waals surface area contributed by atoms with Crippen LogP contribution in [0.2, 0.25) is 0 Å². The fraction of sp³-hybridized carbons (Fsp3) is 0.490. The Bertz CT molecular complexity index is 2010. The van der Waals surface area contributed by atoms with Gasteiger partial charge in [-0.2, -0.15) is 0 Å². The molecule has 5 heteroatoms. The molecule has 3 aromatic rings. The van der Waals surface area contributed by atoms with Crippen LogP contribution in [0.25, 0.3) is 11.8 Å². The van der Waals surface area contributed by atoms with Gasteiger partial charge in [-0.25, -0.2) is 0 Å². The number of rotatable bonds is 10. The molecule has 0 unspecified atom stereocenters. The molecule has 8 atom stereocenters. The number of aromatic hydroxyl groups is 1. The SMILES string of the molecule is O=C(O)[C@H]1C/C=C/C[C@@H](CCCCCC[C@@H]2C=C(CO)CC2)[C@@H](c2ccc(O)cc2)Cc2ccc3c(c2)[C@]12C[C@@H]1C(O)=c4ccccc4=C[C@@H]1C[C@H]2CC3. The van der Waals surface area contributed by atoms with Gasteiger partial charge >= 0.3 is 5.97 Å². The van der Waals surface area contributed by atoms with Crippen molar-refractivity contribution in [2.24, 2.45) is 35.5 Å². The maximum Gasteiger partial charge on any atom is 0.307 e. The summed E-state index contributed by atoms with van der Waals surface area (Å²) in [4.78, 5) is 13.6. The number of phenolic OH excluding ortho intramolecular Hbond substituents is 1. The molecule has 8 rings (SSSR count). The maximum absolute atomic E-state index is 13.6. The molecule has 2 bridgehead atoms. The van der Waals surface area contributed by atoms with Crippen molar-refractivity contribution in [1.82, 2.24) is 0 Å². The van der Waals surface area contributed by atoms with Gasteiger partial charge in [0.25, 0.3) is 0 Å². The summed E-state index contributed by atoms with van der Waals surface area (Å²) in [7, 11) is 0. The summed E-state index contributed by atoms with van der Waals surface area (Å²) in [5.74, 6) is 0.997. The van der Waals surface area contributed by atoms with Crippen molar-refractivity contribution in [2.75, 3.05) is 6.61 Å². The zero-order chi connectivity index (χ0) is 37.2. The summed E-state index contributed by atoms with van der Waals surface area (Å²) >= 11 is 0. The molecule has 5 nitrogen and oxygen atoms in total. The van der Waals surface area contributed by atoms with Crippen LogP contribution in [0.4, 0.5) is 0 Å². The molecule has 54 heavy (non-hydrogen) atoms. The van der Waals surface area contributed by atoms with E-state index in [0.717, 1.165) is 61.8 Å². The minimum atomic E-state index is -0.725. The van der Waals surface area contributed by atoms with Crippen molar-refractivity contribution in [1.29, 1.82) is 0 Å². The van der Waals surface area contributed by atoms with E-state index >= 15 is 0 Å². The van der Waals surface area contributed by atoms with Crippen molar-refractivity contribution in [2.45, 2.75) is 108 Å². The van der Waals surface area contributed by atoms with E-state index < -0.39 is 17.3 Å². The second-order valence-corrected chi connectivity index (χ2v) is 17.4. The van der Waals surface area contributed by atoms with Crippen molar-refractivity contribution < 1.29 is 25.2 Å². The number of aliphatic hydroxyl groups is 2. The van der Waals surface area contributed by atoms with E-state index in [1.807, 2.05) is 30.3 Å². The van der Waals surface area contributed by atoms with Crippen LogP contribution in [-0.4, -0.2) is 33.0 Å². The highest BCUT2D eigenvalue weighted by Crippen LogP contribution is 2.60. The van der Waals surface area contributed by atoms with Crippen molar-refractivity contribution >= 4 is 17.8 Å². The Morgan fingerprint density at radius 2 is 1.61 bits per heavy atom. The van der Waals surface area contributed by atoms with Crippen LogP contribution in [0.3, 0.4) is 0 Å². The minimum Gasteiger partial charge on any atom is -0.511 e.